The third-order valence-electron chi connectivity index (χ3n) is 7.68. The largest absolute Gasteiger partial charge is 0.341 e. The Labute approximate surface area is 199 Å². The highest BCUT2D eigenvalue weighted by atomic mass is 35.5. The summed E-state index contributed by atoms with van der Waals surface area (Å²) in [6.07, 6.45) is 6.13. The first-order chi connectivity index (χ1) is 15.2. The molecule has 1 N–H and O–H groups in total. The minimum Gasteiger partial charge on any atom is -0.341 e. The van der Waals surface area contributed by atoms with Gasteiger partial charge in [0.15, 0.2) is 0 Å². The highest BCUT2D eigenvalue weighted by Crippen LogP contribution is 2.42. The highest BCUT2D eigenvalue weighted by molar-refractivity contribution is 6.30. The van der Waals surface area contributed by atoms with E-state index in [4.69, 9.17) is 11.6 Å². The normalized spacial score (nSPS) is 26.8. The SMILES string of the molecule is CC(C)[C@@H](NCCCC1CCCCC1F)C(=O)N1CC[C@H](c2ccc(Cl)cc2)C(C)(C)C1. The van der Waals surface area contributed by atoms with Gasteiger partial charge in [-0.1, -0.05) is 64.3 Å². The quantitative estimate of drug-likeness (QED) is 0.439. The van der Waals surface area contributed by atoms with Crippen LogP contribution in [0.2, 0.25) is 5.02 Å². The van der Waals surface area contributed by atoms with Crippen LogP contribution in [0, 0.1) is 17.3 Å². The molecule has 1 aliphatic heterocycles. The fourth-order valence-electron chi connectivity index (χ4n) is 5.77. The number of hydrogen-bond donors (Lipinski definition) is 1. The average Bonchev–Trinajstić information content (AvgIpc) is 2.74. The molecule has 5 heteroatoms. The molecule has 0 radical (unpaired) electrons. The summed E-state index contributed by atoms with van der Waals surface area (Å²) in [4.78, 5) is 15.5. The lowest BCUT2D eigenvalue weighted by Crippen LogP contribution is -2.55. The Morgan fingerprint density at radius 2 is 1.88 bits per heavy atom. The third kappa shape index (κ3) is 6.47. The van der Waals surface area contributed by atoms with E-state index in [1.165, 1.54) is 5.56 Å². The summed E-state index contributed by atoms with van der Waals surface area (Å²) < 4.78 is 14.1. The summed E-state index contributed by atoms with van der Waals surface area (Å²) in [5.74, 6) is 1.07. The molecule has 32 heavy (non-hydrogen) atoms. The van der Waals surface area contributed by atoms with Gasteiger partial charge in [-0.15, -0.1) is 0 Å². The average molecular weight is 465 g/mol. The lowest BCUT2D eigenvalue weighted by atomic mass is 9.70. The number of carbonyl (C=O) groups is 1. The van der Waals surface area contributed by atoms with Gasteiger partial charge < -0.3 is 10.2 Å². The molecule has 2 fully saturated rings. The van der Waals surface area contributed by atoms with Crippen molar-refractivity contribution in [2.75, 3.05) is 19.6 Å². The van der Waals surface area contributed by atoms with Gasteiger partial charge in [0.2, 0.25) is 5.91 Å². The van der Waals surface area contributed by atoms with Crippen molar-refractivity contribution >= 4 is 17.5 Å². The Bertz CT molecular complexity index is 736. The van der Waals surface area contributed by atoms with Crippen LogP contribution in [0.15, 0.2) is 24.3 Å². The van der Waals surface area contributed by atoms with Crippen LogP contribution in [-0.4, -0.2) is 42.7 Å². The number of carbonyl (C=O) groups excluding carboxylic acids is 1. The van der Waals surface area contributed by atoms with Crippen molar-refractivity contribution in [3.05, 3.63) is 34.9 Å². The van der Waals surface area contributed by atoms with Crippen molar-refractivity contribution in [1.29, 1.82) is 0 Å². The van der Waals surface area contributed by atoms with E-state index < -0.39 is 6.17 Å². The van der Waals surface area contributed by atoms with E-state index in [2.05, 4.69) is 50.0 Å². The van der Waals surface area contributed by atoms with Crippen molar-refractivity contribution in [3.63, 3.8) is 0 Å². The minimum atomic E-state index is -0.629. The van der Waals surface area contributed by atoms with E-state index in [-0.39, 0.29) is 29.2 Å². The van der Waals surface area contributed by atoms with Gasteiger partial charge >= 0.3 is 0 Å². The van der Waals surface area contributed by atoms with E-state index in [1.54, 1.807) is 0 Å². The van der Waals surface area contributed by atoms with Gasteiger partial charge in [-0.25, -0.2) is 4.39 Å². The van der Waals surface area contributed by atoms with E-state index in [0.717, 1.165) is 69.6 Å². The number of nitrogens with zero attached hydrogens (tertiary/aromatic N) is 1. The van der Waals surface area contributed by atoms with E-state index in [1.807, 2.05) is 12.1 Å². The van der Waals surface area contributed by atoms with Crippen LogP contribution < -0.4 is 5.32 Å². The van der Waals surface area contributed by atoms with Gasteiger partial charge in [0.05, 0.1) is 6.04 Å². The zero-order chi connectivity index (χ0) is 23.3. The maximum Gasteiger partial charge on any atom is 0.239 e. The van der Waals surface area contributed by atoms with Crippen molar-refractivity contribution < 1.29 is 9.18 Å². The third-order valence-corrected chi connectivity index (χ3v) is 7.93. The number of nitrogens with one attached hydrogen (secondary N) is 1. The molecule has 2 aliphatic rings. The molecule has 0 aromatic heterocycles. The van der Waals surface area contributed by atoms with Crippen LogP contribution >= 0.6 is 11.6 Å². The predicted octanol–water partition coefficient (Wildman–Crippen LogP) is 6.60. The van der Waals surface area contributed by atoms with Crippen LogP contribution in [0.3, 0.4) is 0 Å². The molecule has 3 rings (SSSR count). The summed E-state index contributed by atoms with van der Waals surface area (Å²) in [5.41, 5.74) is 1.30. The molecule has 1 heterocycles. The molecule has 1 amide bonds. The summed E-state index contributed by atoms with van der Waals surface area (Å²) in [7, 11) is 0. The van der Waals surface area contributed by atoms with Crippen LogP contribution in [0.4, 0.5) is 4.39 Å². The maximum atomic E-state index is 14.1. The second-order valence-corrected chi connectivity index (χ2v) is 11.5. The first kappa shape index (κ1) is 25.5. The van der Waals surface area contributed by atoms with Gasteiger partial charge in [0.1, 0.15) is 6.17 Å². The Balaban J connectivity index is 1.53. The van der Waals surface area contributed by atoms with Crippen LogP contribution in [0.5, 0.6) is 0 Å². The molecule has 1 saturated heterocycles. The summed E-state index contributed by atoms with van der Waals surface area (Å²) in [5, 5.41) is 4.28. The maximum absolute atomic E-state index is 14.1. The fraction of sp³-hybridized carbons (Fsp3) is 0.741. The number of piperidine rings is 1. The molecule has 2 unspecified atom stereocenters. The molecule has 1 aromatic rings. The second-order valence-electron chi connectivity index (χ2n) is 11.0. The number of alkyl halides is 1. The lowest BCUT2D eigenvalue weighted by Gasteiger charge is -2.46. The summed E-state index contributed by atoms with van der Waals surface area (Å²) >= 11 is 6.08. The van der Waals surface area contributed by atoms with Crippen molar-refractivity contribution in [3.8, 4) is 0 Å². The van der Waals surface area contributed by atoms with Gasteiger partial charge in [0, 0.05) is 18.1 Å². The minimum absolute atomic E-state index is 0.000387. The monoisotopic (exact) mass is 464 g/mol. The van der Waals surface area contributed by atoms with Gasteiger partial charge in [-0.2, -0.15) is 0 Å². The molecular weight excluding hydrogens is 423 g/mol. The first-order valence-corrected chi connectivity index (χ1v) is 13.0. The molecule has 3 nitrogen and oxygen atoms in total. The van der Waals surface area contributed by atoms with Crippen molar-refractivity contribution in [2.24, 2.45) is 17.3 Å². The molecule has 0 bridgehead atoms. The molecular formula is C27H42ClFN2O. The van der Waals surface area contributed by atoms with Crippen molar-refractivity contribution in [1.82, 2.24) is 10.2 Å². The number of halogens is 2. The summed E-state index contributed by atoms with van der Waals surface area (Å²) in [6.45, 7) is 11.1. The molecule has 1 aliphatic carbocycles. The van der Waals surface area contributed by atoms with Gasteiger partial charge in [-0.3, -0.25) is 4.79 Å². The van der Waals surface area contributed by atoms with Crippen molar-refractivity contribution in [2.45, 2.75) is 90.8 Å². The Hall–Kier alpha value is -1.13. The second kappa shape index (κ2) is 11.3. The van der Waals surface area contributed by atoms with E-state index >= 15 is 0 Å². The van der Waals surface area contributed by atoms with E-state index in [9.17, 15) is 9.18 Å². The zero-order valence-corrected chi connectivity index (χ0v) is 21.1. The molecule has 4 atom stereocenters. The van der Waals surface area contributed by atoms with Crippen LogP contribution in [-0.2, 0) is 4.79 Å². The number of hydrogen-bond acceptors (Lipinski definition) is 2. The molecule has 0 spiro atoms. The number of amides is 1. The smallest absolute Gasteiger partial charge is 0.239 e. The number of benzene rings is 1. The van der Waals surface area contributed by atoms with Crippen LogP contribution in [0.1, 0.15) is 84.1 Å². The summed E-state index contributed by atoms with van der Waals surface area (Å²) in [6, 6.07) is 7.99. The standard InChI is InChI=1S/C27H42ClFN2O/c1-19(2)25(30-16-7-9-21-8-5-6-10-24(21)29)26(32)31-17-15-23(27(3,4)18-31)20-11-13-22(28)14-12-20/h11-14,19,21,23-25,30H,5-10,15-18H2,1-4H3/t21?,23-,24?,25-/m1/s1. The first-order valence-electron chi connectivity index (χ1n) is 12.6. The Kier molecular flexibility index (Phi) is 9.03. The molecule has 180 valence electrons. The van der Waals surface area contributed by atoms with Gasteiger partial charge in [-0.05, 0) is 79.5 Å². The molecule has 1 aromatic carbocycles. The highest BCUT2D eigenvalue weighted by Gasteiger charge is 2.40. The Morgan fingerprint density at radius 1 is 1.19 bits per heavy atom. The van der Waals surface area contributed by atoms with E-state index in [0.29, 0.717) is 5.92 Å². The Morgan fingerprint density at radius 3 is 2.50 bits per heavy atom. The topological polar surface area (TPSA) is 32.3 Å². The van der Waals surface area contributed by atoms with Crippen LogP contribution in [0.25, 0.3) is 0 Å². The van der Waals surface area contributed by atoms with Gasteiger partial charge in [0.25, 0.3) is 0 Å². The fourth-order valence-corrected chi connectivity index (χ4v) is 5.90. The lowest BCUT2D eigenvalue weighted by molar-refractivity contribution is -0.138. The predicted molar refractivity (Wildman–Crippen MR) is 132 cm³/mol. The zero-order valence-electron chi connectivity index (χ0n) is 20.4. The number of rotatable bonds is 8. The molecule has 1 saturated carbocycles. The number of likely N-dealkylation sites (tertiary alicyclic amines) is 1.